The van der Waals surface area contributed by atoms with Crippen LogP contribution in [0.3, 0.4) is 0 Å². The van der Waals surface area contributed by atoms with Crippen LogP contribution in [0.15, 0.2) is 0 Å². The Morgan fingerprint density at radius 2 is 1.10 bits per heavy atom. The van der Waals surface area contributed by atoms with Crippen LogP contribution in [-0.4, -0.2) is 11.7 Å². The van der Waals surface area contributed by atoms with Gasteiger partial charge in [-0.25, -0.2) is 0 Å². The molecule has 6 N–H and O–H groups in total. The van der Waals surface area contributed by atoms with Crippen LogP contribution in [0.1, 0.15) is 97.3 Å². The molecule has 0 amide bonds. The van der Waals surface area contributed by atoms with Gasteiger partial charge in [-0.15, -0.1) is 0 Å². The van der Waals surface area contributed by atoms with Crippen LogP contribution in [0, 0.1) is 0 Å². The molecule has 1 unspecified atom stereocenters. The van der Waals surface area contributed by atoms with Gasteiger partial charge in [0.2, 0.25) is 0 Å². The van der Waals surface area contributed by atoms with Gasteiger partial charge in [0.1, 0.15) is 0 Å². The van der Waals surface area contributed by atoms with Crippen molar-refractivity contribution in [3.8, 4) is 0 Å². The summed E-state index contributed by atoms with van der Waals surface area (Å²) in [6.07, 6.45) is 16.6. The fraction of sp³-hybridized carbons (Fsp3) is 1.00. The summed E-state index contributed by atoms with van der Waals surface area (Å²) < 4.78 is 0. The first-order valence-electron chi connectivity index (χ1n) is 8.88. The summed E-state index contributed by atoms with van der Waals surface area (Å²) >= 11 is 0. The molecule has 0 heterocycles. The van der Waals surface area contributed by atoms with Crippen molar-refractivity contribution >= 4 is 0 Å². The van der Waals surface area contributed by atoms with Gasteiger partial charge in [0, 0.05) is 6.04 Å². The minimum Gasteiger partial charge on any atom is -0.325 e. The first-order chi connectivity index (χ1) is 9.54. The molecule has 0 aliphatic carbocycles. The van der Waals surface area contributed by atoms with Crippen LogP contribution in [-0.2, 0) is 0 Å². The fourth-order valence-electron chi connectivity index (χ4n) is 2.56. The zero-order valence-corrected chi connectivity index (χ0v) is 14.0. The van der Waals surface area contributed by atoms with Crippen molar-refractivity contribution in [1.29, 1.82) is 0 Å². The molecule has 122 valence electrons. The van der Waals surface area contributed by atoms with E-state index in [0.717, 1.165) is 19.3 Å². The van der Waals surface area contributed by atoms with Crippen LogP contribution in [0.4, 0.5) is 0 Å². The molecule has 0 spiro atoms. The maximum absolute atomic E-state index is 6.03. The predicted molar refractivity (Wildman–Crippen MR) is 90.5 cm³/mol. The molecule has 0 saturated carbocycles. The molecular formula is C17H39N3. The molecule has 0 saturated heterocycles. The fourth-order valence-corrected chi connectivity index (χ4v) is 2.56. The van der Waals surface area contributed by atoms with E-state index in [-0.39, 0.29) is 6.04 Å². The lowest BCUT2D eigenvalue weighted by Crippen LogP contribution is -2.61. The molecule has 20 heavy (non-hydrogen) atoms. The van der Waals surface area contributed by atoms with E-state index in [0.29, 0.717) is 0 Å². The summed E-state index contributed by atoms with van der Waals surface area (Å²) in [6, 6.07) is -0.0638. The van der Waals surface area contributed by atoms with Gasteiger partial charge in [0.25, 0.3) is 0 Å². The highest BCUT2D eigenvalue weighted by Crippen LogP contribution is 2.14. The molecule has 0 rings (SSSR count). The van der Waals surface area contributed by atoms with E-state index < -0.39 is 5.66 Å². The van der Waals surface area contributed by atoms with E-state index in [2.05, 4.69) is 6.92 Å². The summed E-state index contributed by atoms with van der Waals surface area (Å²) in [4.78, 5) is 0. The van der Waals surface area contributed by atoms with Crippen molar-refractivity contribution in [3.63, 3.8) is 0 Å². The van der Waals surface area contributed by atoms with E-state index in [1.54, 1.807) is 0 Å². The first-order valence-corrected chi connectivity index (χ1v) is 8.88. The number of nitrogens with two attached hydrogens (primary N) is 3. The third-order valence-corrected chi connectivity index (χ3v) is 4.42. The van der Waals surface area contributed by atoms with Crippen LogP contribution < -0.4 is 17.2 Å². The van der Waals surface area contributed by atoms with Gasteiger partial charge in [-0.2, -0.15) is 0 Å². The second-order valence-electron chi connectivity index (χ2n) is 6.40. The number of hydrogen-bond donors (Lipinski definition) is 3. The standard InChI is InChI=1S/C17H39N3/c1-3-5-6-7-8-9-10-11-12-13-14-15-16(18)17(19,20)4-2/h16H,3-15,18-20H2,1-2H3. The Labute approximate surface area is 127 Å². The average molecular weight is 286 g/mol. The van der Waals surface area contributed by atoms with Gasteiger partial charge < -0.3 is 17.2 Å². The highest BCUT2D eigenvalue weighted by atomic mass is 15.0. The van der Waals surface area contributed by atoms with E-state index >= 15 is 0 Å². The maximum atomic E-state index is 6.03. The van der Waals surface area contributed by atoms with Gasteiger partial charge in [-0.05, 0) is 12.8 Å². The summed E-state index contributed by atoms with van der Waals surface area (Å²) in [5.41, 5.74) is 17.2. The summed E-state index contributed by atoms with van der Waals surface area (Å²) in [5, 5.41) is 0. The monoisotopic (exact) mass is 285 g/mol. The molecule has 0 fully saturated rings. The van der Waals surface area contributed by atoms with Gasteiger partial charge in [-0.1, -0.05) is 84.5 Å². The van der Waals surface area contributed by atoms with E-state index in [1.165, 1.54) is 64.2 Å². The quantitative estimate of drug-likeness (QED) is 0.333. The lowest BCUT2D eigenvalue weighted by molar-refractivity contribution is 0.320. The molecule has 0 aromatic heterocycles. The smallest absolute Gasteiger partial charge is 0.0789 e. The van der Waals surface area contributed by atoms with Crippen molar-refractivity contribution < 1.29 is 0 Å². The molecule has 1 atom stereocenters. The zero-order chi connectivity index (χ0) is 15.3. The molecule has 0 aliphatic rings. The topological polar surface area (TPSA) is 78.1 Å². The zero-order valence-electron chi connectivity index (χ0n) is 14.0. The van der Waals surface area contributed by atoms with Gasteiger partial charge in [-0.3, -0.25) is 0 Å². The Kier molecular flexibility index (Phi) is 12.5. The number of rotatable bonds is 14. The lowest BCUT2D eigenvalue weighted by Gasteiger charge is -2.30. The second-order valence-corrected chi connectivity index (χ2v) is 6.40. The highest BCUT2D eigenvalue weighted by molar-refractivity contribution is 4.86. The molecule has 0 aliphatic heterocycles. The minimum atomic E-state index is -0.682. The van der Waals surface area contributed by atoms with Crippen LogP contribution in [0.2, 0.25) is 0 Å². The van der Waals surface area contributed by atoms with E-state index in [9.17, 15) is 0 Å². The number of unbranched alkanes of at least 4 members (excludes halogenated alkanes) is 10. The largest absolute Gasteiger partial charge is 0.325 e. The minimum absolute atomic E-state index is 0.0638. The van der Waals surface area contributed by atoms with Crippen molar-refractivity contribution in [2.75, 3.05) is 0 Å². The molecule has 3 heteroatoms. The van der Waals surface area contributed by atoms with Gasteiger partial charge >= 0.3 is 0 Å². The van der Waals surface area contributed by atoms with Crippen molar-refractivity contribution in [2.45, 2.75) is 109 Å². The molecule has 3 nitrogen and oxygen atoms in total. The molecule has 0 aromatic rings. The van der Waals surface area contributed by atoms with Gasteiger partial charge in [0.05, 0.1) is 5.66 Å². The Hall–Kier alpha value is -0.120. The molecule has 0 aromatic carbocycles. The Morgan fingerprint density at radius 1 is 0.700 bits per heavy atom. The SMILES string of the molecule is CCCCCCCCCCCCCC(N)C(N)(N)CC. The first kappa shape index (κ1) is 19.9. The summed E-state index contributed by atoms with van der Waals surface area (Å²) in [5.74, 6) is 0. The van der Waals surface area contributed by atoms with Crippen LogP contribution in [0.25, 0.3) is 0 Å². The van der Waals surface area contributed by atoms with Crippen LogP contribution >= 0.6 is 0 Å². The van der Waals surface area contributed by atoms with Crippen molar-refractivity contribution in [1.82, 2.24) is 0 Å². The highest BCUT2D eigenvalue weighted by Gasteiger charge is 2.24. The third kappa shape index (κ3) is 10.6. The summed E-state index contributed by atoms with van der Waals surface area (Å²) in [7, 11) is 0. The molecule has 0 radical (unpaired) electrons. The third-order valence-electron chi connectivity index (χ3n) is 4.42. The maximum Gasteiger partial charge on any atom is 0.0789 e. The normalized spacial score (nSPS) is 13.7. The second kappa shape index (κ2) is 12.6. The molecule has 0 bridgehead atoms. The lowest BCUT2D eigenvalue weighted by atomic mass is 9.94. The van der Waals surface area contributed by atoms with Crippen LogP contribution in [0.5, 0.6) is 0 Å². The number of hydrogen-bond acceptors (Lipinski definition) is 3. The van der Waals surface area contributed by atoms with Gasteiger partial charge in [0.15, 0.2) is 0 Å². The predicted octanol–water partition coefficient (Wildman–Crippen LogP) is 4.04. The van der Waals surface area contributed by atoms with E-state index in [4.69, 9.17) is 17.2 Å². The van der Waals surface area contributed by atoms with Crippen molar-refractivity contribution in [3.05, 3.63) is 0 Å². The Bertz CT molecular complexity index is 204. The summed E-state index contributed by atoms with van der Waals surface area (Å²) in [6.45, 7) is 4.27. The Balaban J connectivity index is 3.25. The Morgan fingerprint density at radius 3 is 1.50 bits per heavy atom. The van der Waals surface area contributed by atoms with Crippen molar-refractivity contribution in [2.24, 2.45) is 17.2 Å². The average Bonchev–Trinajstić information content (AvgIpc) is 2.44. The molecular weight excluding hydrogens is 246 g/mol. The van der Waals surface area contributed by atoms with E-state index in [1.807, 2.05) is 6.92 Å².